The molecule has 1 aromatic rings. The predicted octanol–water partition coefficient (Wildman–Crippen LogP) is 5.14. The molecule has 1 rings (SSSR count). The van der Waals surface area contributed by atoms with Crippen LogP contribution in [0.2, 0.25) is 0 Å². The van der Waals surface area contributed by atoms with Crippen LogP contribution in [-0.4, -0.2) is 39.6 Å². The second kappa shape index (κ2) is 8.98. The van der Waals surface area contributed by atoms with Crippen LogP contribution in [0.3, 0.4) is 0 Å². The van der Waals surface area contributed by atoms with Crippen molar-refractivity contribution >= 4 is 7.60 Å². The van der Waals surface area contributed by atoms with Crippen LogP contribution in [0.15, 0.2) is 12.4 Å². The summed E-state index contributed by atoms with van der Waals surface area (Å²) in [5.41, 5.74) is -0.862. The van der Waals surface area contributed by atoms with Crippen molar-refractivity contribution in [2.45, 2.75) is 79.7 Å². The summed E-state index contributed by atoms with van der Waals surface area (Å²) in [6.07, 6.45) is 3.09. The van der Waals surface area contributed by atoms with E-state index in [1.165, 1.54) is 0 Å². The number of hydrogen-bond acceptors (Lipinski definition) is 6. The highest BCUT2D eigenvalue weighted by atomic mass is 31.2. The Morgan fingerprint density at radius 2 is 1.69 bits per heavy atom. The number of nitrogens with zero attached hydrogens (tertiary/aromatic N) is 2. The molecule has 0 bridgehead atoms. The van der Waals surface area contributed by atoms with Crippen molar-refractivity contribution in [2.75, 3.05) is 13.2 Å². The highest BCUT2D eigenvalue weighted by molar-refractivity contribution is 7.54. The molecule has 0 aliphatic rings. The lowest BCUT2D eigenvalue weighted by atomic mass is 9.94. The van der Waals surface area contributed by atoms with E-state index in [0.29, 0.717) is 19.0 Å². The van der Waals surface area contributed by atoms with Crippen molar-refractivity contribution in [1.82, 2.24) is 15.0 Å². The molecule has 0 spiro atoms. The fourth-order valence-corrected chi connectivity index (χ4v) is 5.48. The first-order chi connectivity index (χ1) is 11.9. The maximum atomic E-state index is 13.7. The molecule has 0 saturated heterocycles. The van der Waals surface area contributed by atoms with Crippen LogP contribution in [0, 0.1) is 5.41 Å². The monoisotopic (exact) mass is 389 g/mol. The van der Waals surface area contributed by atoms with Gasteiger partial charge in [-0.25, -0.2) is 4.98 Å². The molecule has 0 aliphatic heterocycles. The van der Waals surface area contributed by atoms with E-state index in [1.807, 2.05) is 62.3 Å². The summed E-state index contributed by atoms with van der Waals surface area (Å²) < 4.78 is 25.1. The van der Waals surface area contributed by atoms with Crippen LogP contribution < -0.4 is 0 Å². The van der Waals surface area contributed by atoms with E-state index in [1.54, 1.807) is 17.5 Å². The van der Waals surface area contributed by atoms with Gasteiger partial charge in [0.05, 0.1) is 13.2 Å². The van der Waals surface area contributed by atoms with E-state index in [0.717, 1.165) is 0 Å². The molecule has 1 aromatic heterocycles. The Balaban J connectivity index is 3.36. The third-order valence-electron chi connectivity index (χ3n) is 3.75. The summed E-state index contributed by atoms with van der Waals surface area (Å²) in [5.74, 6) is 0.113. The summed E-state index contributed by atoms with van der Waals surface area (Å²) in [5, 5.41) is 1.77. The SMILES string of the molecule is CCOP(=O)(OCC)C(N(OC(C)c1ncc[nH]1)C(C)(C)C)C(C)(C)C. The normalized spacial score (nSPS) is 16.1. The van der Waals surface area contributed by atoms with Gasteiger partial charge >= 0.3 is 7.60 Å². The Morgan fingerprint density at radius 1 is 1.15 bits per heavy atom. The average molecular weight is 389 g/mol. The van der Waals surface area contributed by atoms with Crippen LogP contribution >= 0.6 is 7.60 Å². The number of hydrogen-bond donors (Lipinski definition) is 1. The van der Waals surface area contributed by atoms with E-state index < -0.39 is 24.3 Å². The number of hydroxylamine groups is 2. The molecule has 7 nitrogen and oxygen atoms in total. The minimum absolute atomic E-state index is 0.301. The fourth-order valence-electron chi connectivity index (χ4n) is 2.80. The smallest absolute Gasteiger partial charge is 0.346 e. The molecular weight excluding hydrogens is 353 g/mol. The van der Waals surface area contributed by atoms with Crippen molar-refractivity contribution in [2.24, 2.45) is 5.41 Å². The Kier molecular flexibility index (Phi) is 8.05. The Hall–Kier alpha value is -0.720. The molecule has 1 N–H and O–H groups in total. The van der Waals surface area contributed by atoms with Gasteiger partial charge in [0.2, 0.25) is 0 Å². The summed E-state index contributed by atoms with van der Waals surface area (Å²) in [6, 6.07) is 0. The molecule has 8 heteroatoms. The number of rotatable bonds is 9. The Bertz CT molecular complexity index is 568. The van der Waals surface area contributed by atoms with Crippen molar-refractivity contribution in [1.29, 1.82) is 0 Å². The topological polar surface area (TPSA) is 76.7 Å². The minimum atomic E-state index is -3.47. The first kappa shape index (κ1) is 23.3. The lowest BCUT2D eigenvalue weighted by Crippen LogP contribution is -2.53. The van der Waals surface area contributed by atoms with Gasteiger partial charge in [0, 0.05) is 17.9 Å². The Labute approximate surface area is 158 Å². The summed E-state index contributed by atoms with van der Waals surface area (Å²) in [7, 11) is -3.47. The van der Waals surface area contributed by atoms with Gasteiger partial charge in [-0.3, -0.25) is 9.40 Å². The van der Waals surface area contributed by atoms with Crippen molar-refractivity contribution in [3.63, 3.8) is 0 Å². The number of aromatic amines is 1. The molecule has 1 heterocycles. The molecule has 0 aromatic carbocycles. The highest BCUT2D eigenvalue weighted by Crippen LogP contribution is 2.61. The van der Waals surface area contributed by atoms with Crippen LogP contribution in [0.5, 0.6) is 0 Å². The van der Waals surface area contributed by atoms with Gasteiger partial charge in [-0.2, -0.15) is 5.06 Å². The second-order valence-electron chi connectivity index (χ2n) is 8.33. The molecule has 0 amide bonds. The van der Waals surface area contributed by atoms with E-state index in [-0.39, 0.29) is 6.10 Å². The zero-order chi connectivity index (χ0) is 20.2. The first-order valence-corrected chi connectivity index (χ1v) is 10.8. The van der Waals surface area contributed by atoms with E-state index in [9.17, 15) is 4.57 Å². The van der Waals surface area contributed by atoms with Gasteiger partial charge in [-0.1, -0.05) is 20.8 Å². The van der Waals surface area contributed by atoms with E-state index in [4.69, 9.17) is 13.9 Å². The highest BCUT2D eigenvalue weighted by Gasteiger charge is 2.51. The van der Waals surface area contributed by atoms with Crippen molar-refractivity contribution in [3.8, 4) is 0 Å². The largest absolute Gasteiger partial charge is 0.350 e. The zero-order valence-electron chi connectivity index (χ0n) is 17.7. The van der Waals surface area contributed by atoms with Crippen LogP contribution in [0.25, 0.3) is 0 Å². The molecule has 26 heavy (non-hydrogen) atoms. The molecule has 2 atom stereocenters. The molecular formula is C18H36N3O4P. The summed E-state index contributed by atoms with van der Waals surface area (Å²) >= 11 is 0. The lowest BCUT2D eigenvalue weighted by molar-refractivity contribution is -0.266. The molecule has 0 radical (unpaired) electrons. The van der Waals surface area contributed by atoms with Gasteiger partial charge in [-0.05, 0) is 47.0 Å². The maximum Gasteiger partial charge on any atom is 0.350 e. The molecule has 2 unspecified atom stereocenters. The standard InChI is InChI=1S/C18H36N3O4P/c1-10-23-26(22,24-11-2)16(17(4,5)6)21(18(7,8)9)25-14(3)15-19-12-13-20-15/h12-14,16H,10-11H2,1-9H3,(H,19,20). The van der Waals surface area contributed by atoms with Crippen molar-refractivity contribution in [3.05, 3.63) is 18.2 Å². The number of imidazole rings is 1. The average Bonchev–Trinajstić information content (AvgIpc) is 2.98. The summed E-state index contributed by atoms with van der Waals surface area (Å²) in [6.45, 7) is 18.2. The number of H-pyrrole nitrogens is 1. The van der Waals surface area contributed by atoms with Gasteiger partial charge in [0.25, 0.3) is 0 Å². The number of nitrogens with one attached hydrogen (secondary N) is 1. The van der Waals surface area contributed by atoms with Gasteiger partial charge < -0.3 is 14.0 Å². The minimum Gasteiger partial charge on any atom is -0.346 e. The molecule has 0 aliphatic carbocycles. The van der Waals surface area contributed by atoms with Crippen LogP contribution in [0.4, 0.5) is 0 Å². The molecule has 152 valence electrons. The third-order valence-corrected chi connectivity index (χ3v) is 6.57. The second-order valence-corrected chi connectivity index (χ2v) is 10.4. The van der Waals surface area contributed by atoms with Gasteiger partial charge in [-0.15, -0.1) is 0 Å². The quantitative estimate of drug-likeness (QED) is 0.465. The fraction of sp³-hybridized carbons (Fsp3) is 0.833. The van der Waals surface area contributed by atoms with Crippen LogP contribution in [-0.2, 0) is 18.5 Å². The predicted molar refractivity (Wildman–Crippen MR) is 104 cm³/mol. The maximum absolute atomic E-state index is 13.7. The van der Waals surface area contributed by atoms with E-state index in [2.05, 4.69) is 9.97 Å². The lowest BCUT2D eigenvalue weighted by Gasteiger charge is -2.48. The first-order valence-electron chi connectivity index (χ1n) is 9.21. The van der Waals surface area contributed by atoms with Gasteiger partial charge in [0.15, 0.2) is 0 Å². The van der Waals surface area contributed by atoms with Gasteiger partial charge in [0.1, 0.15) is 17.7 Å². The molecule has 0 fully saturated rings. The summed E-state index contributed by atoms with van der Waals surface area (Å²) in [4.78, 5) is 13.6. The Morgan fingerprint density at radius 3 is 2.04 bits per heavy atom. The van der Waals surface area contributed by atoms with Crippen LogP contribution in [0.1, 0.15) is 74.2 Å². The number of aromatic nitrogens is 2. The zero-order valence-corrected chi connectivity index (χ0v) is 18.6. The van der Waals surface area contributed by atoms with Crippen molar-refractivity contribution < 1.29 is 18.5 Å². The molecule has 0 saturated carbocycles. The third kappa shape index (κ3) is 5.89. The van der Waals surface area contributed by atoms with E-state index >= 15 is 0 Å².